The van der Waals surface area contributed by atoms with Gasteiger partial charge in [0, 0.05) is 6.04 Å². The Morgan fingerprint density at radius 1 is 1.22 bits per heavy atom. The molecule has 18 heavy (non-hydrogen) atoms. The predicted octanol–water partition coefficient (Wildman–Crippen LogP) is 2.98. The number of hydrogen-bond donors (Lipinski definition) is 1. The predicted molar refractivity (Wildman–Crippen MR) is 73.0 cm³/mol. The smallest absolute Gasteiger partial charge is 0.161 e. The molecule has 3 nitrogen and oxygen atoms in total. The van der Waals surface area contributed by atoms with Crippen LogP contribution >= 0.6 is 0 Å². The number of benzene rings is 1. The van der Waals surface area contributed by atoms with Gasteiger partial charge in [-0.1, -0.05) is 26.0 Å². The summed E-state index contributed by atoms with van der Waals surface area (Å²) in [5.74, 6) is 1.56. The number of para-hydroxylation sites is 2. The summed E-state index contributed by atoms with van der Waals surface area (Å²) < 4.78 is 11.4. The van der Waals surface area contributed by atoms with Crippen LogP contribution in [-0.2, 0) is 0 Å². The molecule has 0 spiro atoms. The van der Waals surface area contributed by atoms with Crippen LogP contribution in [0.25, 0.3) is 0 Å². The second kappa shape index (κ2) is 5.19. The molecule has 0 radical (unpaired) electrons. The molecule has 0 aliphatic heterocycles. The fourth-order valence-electron chi connectivity index (χ4n) is 2.62. The maximum absolute atomic E-state index is 6.33. The van der Waals surface area contributed by atoms with Crippen molar-refractivity contribution in [1.82, 2.24) is 0 Å². The number of ether oxygens (including phenoxy) is 2. The molecule has 1 aromatic carbocycles. The molecule has 2 atom stereocenters. The van der Waals surface area contributed by atoms with Crippen molar-refractivity contribution in [2.75, 3.05) is 7.11 Å². The molecule has 1 fully saturated rings. The molecular weight excluding hydrogens is 226 g/mol. The molecule has 2 N–H and O–H groups in total. The van der Waals surface area contributed by atoms with E-state index in [2.05, 4.69) is 13.8 Å². The van der Waals surface area contributed by atoms with E-state index in [-0.39, 0.29) is 17.6 Å². The monoisotopic (exact) mass is 249 g/mol. The zero-order valence-corrected chi connectivity index (χ0v) is 11.5. The Hall–Kier alpha value is -1.22. The van der Waals surface area contributed by atoms with Gasteiger partial charge in [0.05, 0.1) is 7.11 Å². The van der Waals surface area contributed by atoms with Crippen molar-refractivity contribution in [3.05, 3.63) is 24.3 Å². The maximum atomic E-state index is 6.33. The van der Waals surface area contributed by atoms with Gasteiger partial charge in [0.15, 0.2) is 11.5 Å². The molecule has 0 saturated heterocycles. The van der Waals surface area contributed by atoms with E-state index >= 15 is 0 Å². The maximum Gasteiger partial charge on any atom is 0.161 e. The highest BCUT2D eigenvalue weighted by Gasteiger charge is 2.37. The van der Waals surface area contributed by atoms with Gasteiger partial charge in [-0.2, -0.15) is 0 Å². The minimum absolute atomic E-state index is 0.0659. The molecule has 0 amide bonds. The quantitative estimate of drug-likeness (QED) is 0.895. The van der Waals surface area contributed by atoms with E-state index in [1.807, 2.05) is 24.3 Å². The summed E-state index contributed by atoms with van der Waals surface area (Å²) in [7, 11) is 1.66. The fraction of sp³-hybridized carbons (Fsp3) is 0.600. The normalized spacial score (nSPS) is 26.7. The summed E-state index contributed by atoms with van der Waals surface area (Å²) in [6.07, 6.45) is 3.42. The largest absolute Gasteiger partial charge is 0.493 e. The van der Waals surface area contributed by atoms with Crippen LogP contribution in [0.15, 0.2) is 24.3 Å². The van der Waals surface area contributed by atoms with Crippen molar-refractivity contribution in [2.45, 2.75) is 45.3 Å². The van der Waals surface area contributed by atoms with Crippen LogP contribution in [0.2, 0.25) is 0 Å². The molecule has 2 unspecified atom stereocenters. The SMILES string of the molecule is COc1ccccc1OC1CCCC(C)(C)C1N. The molecule has 0 heterocycles. The second-order valence-electron chi connectivity index (χ2n) is 5.71. The summed E-state index contributed by atoms with van der Waals surface area (Å²) in [5.41, 5.74) is 6.47. The van der Waals surface area contributed by atoms with Crippen molar-refractivity contribution in [3.63, 3.8) is 0 Å². The average Bonchev–Trinajstić information content (AvgIpc) is 2.35. The lowest BCUT2D eigenvalue weighted by molar-refractivity contribution is 0.0548. The highest BCUT2D eigenvalue weighted by atomic mass is 16.5. The molecule has 3 heteroatoms. The highest BCUT2D eigenvalue weighted by molar-refractivity contribution is 5.39. The van der Waals surface area contributed by atoms with Gasteiger partial charge in [0.1, 0.15) is 6.10 Å². The lowest BCUT2D eigenvalue weighted by atomic mass is 9.72. The molecule has 1 aromatic rings. The van der Waals surface area contributed by atoms with Gasteiger partial charge in [0.25, 0.3) is 0 Å². The van der Waals surface area contributed by atoms with Crippen LogP contribution in [-0.4, -0.2) is 19.3 Å². The summed E-state index contributed by atoms with van der Waals surface area (Å²) in [6.45, 7) is 4.44. The molecule has 100 valence electrons. The van der Waals surface area contributed by atoms with Crippen molar-refractivity contribution < 1.29 is 9.47 Å². The zero-order valence-electron chi connectivity index (χ0n) is 11.5. The van der Waals surface area contributed by atoms with Crippen LogP contribution in [0.4, 0.5) is 0 Å². The standard InChI is InChI=1S/C15H23NO2/c1-15(2)10-6-9-13(14(15)16)18-12-8-5-4-7-11(12)17-3/h4-5,7-8,13-14H,6,9-10,16H2,1-3H3. The molecule has 1 saturated carbocycles. The van der Waals surface area contributed by atoms with Gasteiger partial charge in [0.2, 0.25) is 0 Å². The van der Waals surface area contributed by atoms with Gasteiger partial charge in [-0.25, -0.2) is 0 Å². The highest BCUT2D eigenvalue weighted by Crippen LogP contribution is 2.37. The molecule has 0 aromatic heterocycles. The first-order valence-electron chi connectivity index (χ1n) is 6.60. The topological polar surface area (TPSA) is 44.5 Å². The van der Waals surface area contributed by atoms with E-state index in [1.54, 1.807) is 7.11 Å². The van der Waals surface area contributed by atoms with E-state index in [0.29, 0.717) is 0 Å². The van der Waals surface area contributed by atoms with E-state index in [9.17, 15) is 0 Å². The van der Waals surface area contributed by atoms with Crippen LogP contribution in [0, 0.1) is 5.41 Å². The Bertz CT molecular complexity index is 403. The van der Waals surface area contributed by atoms with Crippen LogP contribution in [0.5, 0.6) is 11.5 Å². The summed E-state index contributed by atoms with van der Waals surface area (Å²) in [5, 5.41) is 0. The molecule has 2 rings (SSSR count). The first-order chi connectivity index (χ1) is 8.54. The number of nitrogens with two attached hydrogens (primary N) is 1. The van der Waals surface area contributed by atoms with E-state index < -0.39 is 0 Å². The van der Waals surface area contributed by atoms with Crippen LogP contribution in [0.3, 0.4) is 0 Å². The first-order valence-corrected chi connectivity index (χ1v) is 6.60. The Balaban J connectivity index is 2.13. The average molecular weight is 249 g/mol. The van der Waals surface area contributed by atoms with Crippen molar-refractivity contribution in [1.29, 1.82) is 0 Å². The molecular formula is C15H23NO2. The van der Waals surface area contributed by atoms with Crippen molar-refractivity contribution in [3.8, 4) is 11.5 Å². The van der Waals surface area contributed by atoms with Gasteiger partial charge >= 0.3 is 0 Å². The van der Waals surface area contributed by atoms with Gasteiger partial charge in [-0.05, 0) is 36.8 Å². The Kier molecular flexibility index (Phi) is 3.81. The number of methoxy groups -OCH3 is 1. The summed E-state index contributed by atoms with van der Waals surface area (Å²) in [6, 6.07) is 7.81. The third-order valence-electron chi connectivity index (χ3n) is 3.96. The van der Waals surface area contributed by atoms with Crippen LogP contribution < -0.4 is 15.2 Å². The summed E-state index contributed by atoms with van der Waals surface area (Å²) >= 11 is 0. The molecule has 1 aliphatic carbocycles. The number of hydrogen-bond acceptors (Lipinski definition) is 3. The zero-order chi connectivity index (χ0) is 13.2. The Labute approximate surface area is 109 Å². The van der Waals surface area contributed by atoms with Gasteiger partial charge in [-0.15, -0.1) is 0 Å². The minimum atomic E-state index is 0.0659. The molecule has 1 aliphatic rings. The van der Waals surface area contributed by atoms with Crippen molar-refractivity contribution >= 4 is 0 Å². The van der Waals surface area contributed by atoms with Crippen LogP contribution in [0.1, 0.15) is 33.1 Å². The first kappa shape index (κ1) is 13.2. The van der Waals surface area contributed by atoms with Crippen molar-refractivity contribution in [2.24, 2.45) is 11.1 Å². The minimum Gasteiger partial charge on any atom is -0.493 e. The lowest BCUT2D eigenvalue weighted by Crippen LogP contribution is -2.51. The van der Waals surface area contributed by atoms with E-state index in [1.165, 1.54) is 12.8 Å². The summed E-state index contributed by atoms with van der Waals surface area (Å²) in [4.78, 5) is 0. The van der Waals surface area contributed by atoms with Gasteiger partial charge < -0.3 is 15.2 Å². The van der Waals surface area contributed by atoms with Gasteiger partial charge in [-0.3, -0.25) is 0 Å². The number of rotatable bonds is 3. The third-order valence-corrected chi connectivity index (χ3v) is 3.96. The molecule has 0 bridgehead atoms. The Morgan fingerprint density at radius 3 is 2.56 bits per heavy atom. The van der Waals surface area contributed by atoms with E-state index in [0.717, 1.165) is 17.9 Å². The lowest BCUT2D eigenvalue weighted by Gasteiger charge is -2.41. The van der Waals surface area contributed by atoms with E-state index in [4.69, 9.17) is 15.2 Å². The second-order valence-corrected chi connectivity index (χ2v) is 5.71. The third kappa shape index (κ3) is 2.61. The Morgan fingerprint density at radius 2 is 1.89 bits per heavy atom. The fourth-order valence-corrected chi connectivity index (χ4v) is 2.62.